The summed E-state index contributed by atoms with van der Waals surface area (Å²) in [6.07, 6.45) is 1.23. The molecule has 1 amide bonds. The third-order valence-corrected chi connectivity index (χ3v) is 5.69. The Morgan fingerprint density at radius 1 is 1.23 bits per heavy atom. The molecule has 0 fully saturated rings. The predicted octanol–water partition coefficient (Wildman–Crippen LogP) is 3.39. The minimum Gasteiger partial charge on any atom is -0.347 e. The van der Waals surface area contributed by atoms with Gasteiger partial charge in [-0.05, 0) is 30.7 Å². The number of nitrogens with zero attached hydrogens (tertiary/aromatic N) is 3. The average Bonchev–Trinajstić information content (AvgIpc) is 3.19. The Bertz CT molecular complexity index is 1170. The number of anilines is 1. The number of sulfonamides is 1. The van der Waals surface area contributed by atoms with Gasteiger partial charge in [-0.15, -0.1) is 0 Å². The van der Waals surface area contributed by atoms with Crippen LogP contribution in [0.3, 0.4) is 0 Å². The fraction of sp³-hybridized carbons (Fsp3) is 0.250. The predicted molar refractivity (Wildman–Crippen MR) is 114 cm³/mol. The average molecular weight is 467 g/mol. The molecule has 8 nitrogen and oxygen atoms in total. The van der Waals surface area contributed by atoms with Crippen LogP contribution in [0, 0.1) is 5.82 Å². The molecular formula is C20H20ClFN4O4S. The zero-order valence-corrected chi connectivity index (χ0v) is 18.2. The first-order valence-corrected chi connectivity index (χ1v) is 11.5. The molecule has 3 aromatic rings. The minimum atomic E-state index is -3.70. The van der Waals surface area contributed by atoms with Crippen LogP contribution in [0.15, 0.2) is 53.1 Å². The summed E-state index contributed by atoms with van der Waals surface area (Å²) in [6, 6.07) is 12.5. The largest absolute Gasteiger partial charge is 0.347 e. The van der Waals surface area contributed by atoms with E-state index in [0.717, 1.165) is 10.6 Å². The third-order valence-electron chi connectivity index (χ3n) is 4.27. The highest BCUT2D eigenvalue weighted by atomic mass is 35.5. The van der Waals surface area contributed by atoms with Gasteiger partial charge in [0.15, 0.2) is 0 Å². The third kappa shape index (κ3) is 6.25. The number of carbonyl (C=O) groups excluding carboxylic acids is 1. The molecule has 0 atom stereocenters. The number of carbonyl (C=O) groups is 1. The molecule has 0 saturated heterocycles. The molecule has 0 unspecified atom stereocenters. The van der Waals surface area contributed by atoms with Gasteiger partial charge in [0, 0.05) is 23.6 Å². The summed E-state index contributed by atoms with van der Waals surface area (Å²) < 4.78 is 44.1. The molecule has 0 spiro atoms. The number of benzene rings is 2. The van der Waals surface area contributed by atoms with Crippen molar-refractivity contribution in [1.29, 1.82) is 0 Å². The van der Waals surface area contributed by atoms with Crippen molar-refractivity contribution >= 4 is 33.2 Å². The van der Waals surface area contributed by atoms with E-state index in [1.165, 1.54) is 18.2 Å². The maximum Gasteiger partial charge on any atom is 0.246 e. The molecule has 31 heavy (non-hydrogen) atoms. The van der Waals surface area contributed by atoms with E-state index in [-0.39, 0.29) is 43.4 Å². The Morgan fingerprint density at radius 3 is 2.71 bits per heavy atom. The first-order valence-electron chi connectivity index (χ1n) is 9.31. The lowest BCUT2D eigenvalue weighted by Crippen LogP contribution is -2.32. The van der Waals surface area contributed by atoms with Gasteiger partial charge in [0.25, 0.3) is 0 Å². The lowest BCUT2D eigenvalue weighted by atomic mass is 10.2. The van der Waals surface area contributed by atoms with E-state index in [0.29, 0.717) is 16.4 Å². The number of amides is 1. The second-order valence-corrected chi connectivity index (χ2v) is 9.03. The zero-order chi connectivity index (χ0) is 22.4. The number of hydrogen-bond acceptors (Lipinski definition) is 6. The quantitative estimate of drug-likeness (QED) is 0.518. The highest BCUT2D eigenvalue weighted by Gasteiger charge is 2.20. The SMILES string of the molecule is CS(=O)(=O)N(CCCC(=O)NCc1nc(-c2cccc(Cl)c2)no1)c1ccccc1F. The van der Waals surface area contributed by atoms with Gasteiger partial charge >= 0.3 is 0 Å². The molecule has 11 heteroatoms. The molecule has 0 aliphatic rings. The van der Waals surface area contributed by atoms with E-state index < -0.39 is 15.8 Å². The number of hydrogen-bond donors (Lipinski definition) is 1. The first-order chi connectivity index (χ1) is 14.7. The Morgan fingerprint density at radius 2 is 2.00 bits per heavy atom. The van der Waals surface area contributed by atoms with Crippen LogP contribution in [0.2, 0.25) is 5.02 Å². The van der Waals surface area contributed by atoms with E-state index in [2.05, 4.69) is 15.5 Å². The van der Waals surface area contributed by atoms with Crippen LogP contribution < -0.4 is 9.62 Å². The summed E-state index contributed by atoms with van der Waals surface area (Å²) in [5, 5.41) is 7.03. The smallest absolute Gasteiger partial charge is 0.246 e. The Balaban J connectivity index is 1.52. The van der Waals surface area contributed by atoms with Gasteiger partial charge in [-0.25, -0.2) is 12.8 Å². The molecule has 0 saturated carbocycles. The van der Waals surface area contributed by atoms with Crippen molar-refractivity contribution in [1.82, 2.24) is 15.5 Å². The van der Waals surface area contributed by atoms with Crippen molar-refractivity contribution in [3.8, 4) is 11.4 Å². The second kappa shape index (κ2) is 9.88. The number of nitrogens with one attached hydrogen (secondary N) is 1. The molecule has 0 aliphatic heterocycles. The van der Waals surface area contributed by atoms with E-state index in [4.69, 9.17) is 16.1 Å². The van der Waals surface area contributed by atoms with Crippen LogP contribution >= 0.6 is 11.6 Å². The van der Waals surface area contributed by atoms with Gasteiger partial charge in [-0.3, -0.25) is 9.10 Å². The number of halogens is 2. The van der Waals surface area contributed by atoms with E-state index in [9.17, 15) is 17.6 Å². The molecule has 0 radical (unpaired) electrons. The topological polar surface area (TPSA) is 105 Å². The van der Waals surface area contributed by atoms with Gasteiger partial charge in [-0.1, -0.05) is 41.0 Å². The van der Waals surface area contributed by atoms with E-state index in [1.54, 1.807) is 30.3 Å². The maximum absolute atomic E-state index is 14.0. The van der Waals surface area contributed by atoms with Crippen molar-refractivity contribution in [3.63, 3.8) is 0 Å². The highest BCUT2D eigenvalue weighted by molar-refractivity contribution is 7.92. The van der Waals surface area contributed by atoms with Crippen LogP contribution in [0.25, 0.3) is 11.4 Å². The molecule has 3 rings (SSSR count). The van der Waals surface area contributed by atoms with Gasteiger partial charge in [0.1, 0.15) is 5.82 Å². The van der Waals surface area contributed by atoms with Gasteiger partial charge in [0.2, 0.25) is 27.6 Å². The first kappa shape index (κ1) is 22.7. The fourth-order valence-corrected chi connectivity index (χ4v) is 3.99. The van der Waals surface area contributed by atoms with Crippen LogP contribution in [0.5, 0.6) is 0 Å². The normalized spacial score (nSPS) is 11.3. The Hall–Kier alpha value is -2.98. The lowest BCUT2D eigenvalue weighted by Gasteiger charge is -2.22. The molecule has 1 N–H and O–H groups in total. The summed E-state index contributed by atoms with van der Waals surface area (Å²) in [4.78, 5) is 16.3. The van der Waals surface area contributed by atoms with Gasteiger partial charge in [-0.2, -0.15) is 4.98 Å². The molecule has 0 bridgehead atoms. The van der Waals surface area contributed by atoms with Crippen molar-refractivity contribution in [3.05, 3.63) is 65.3 Å². The summed E-state index contributed by atoms with van der Waals surface area (Å²) in [7, 11) is -3.70. The van der Waals surface area contributed by atoms with E-state index >= 15 is 0 Å². The summed E-state index contributed by atoms with van der Waals surface area (Å²) in [5.41, 5.74) is 0.632. The van der Waals surface area contributed by atoms with Crippen LogP contribution in [0.1, 0.15) is 18.7 Å². The molecule has 164 valence electrons. The van der Waals surface area contributed by atoms with Crippen molar-refractivity contribution in [2.24, 2.45) is 0 Å². The van der Waals surface area contributed by atoms with Crippen LogP contribution in [-0.2, 0) is 21.4 Å². The van der Waals surface area contributed by atoms with Crippen molar-refractivity contribution < 1.29 is 22.1 Å². The Labute approximate surface area is 184 Å². The molecule has 0 aliphatic carbocycles. The van der Waals surface area contributed by atoms with Crippen LogP contribution in [0.4, 0.5) is 10.1 Å². The van der Waals surface area contributed by atoms with Crippen LogP contribution in [-0.4, -0.2) is 37.3 Å². The summed E-state index contributed by atoms with van der Waals surface area (Å²) in [6.45, 7) is -0.0117. The molecular weight excluding hydrogens is 447 g/mol. The van der Waals surface area contributed by atoms with Crippen molar-refractivity contribution in [2.75, 3.05) is 17.1 Å². The molecule has 2 aromatic carbocycles. The van der Waals surface area contributed by atoms with E-state index in [1.807, 2.05) is 0 Å². The van der Waals surface area contributed by atoms with Crippen molar-refractivity contribution in [2.45, 2.75) is 19.4 Å². The number of aromatic nitrogens is 2. The number of rotatable bonds is 9. The monoisotopic (exact) mass is 466 g/mol. The van der Waals surface area contributed by atoms with Gasteiger partial charge < -0.3 is 9.84 Å². The van der Waals surface area contributed by atoms with Gasteiger partial charge in [0.05, 0.1) is 18.5 Å². The zero-order valence-electron chi connectivity index (χ0n) is 16.6. The maximum atomic E-state index is 14.0. The highest BCUT2D eigenvalue weighted by Crippen LogP contribution is 2.22. The summed E-state index contributed by atoms with van der Waals surface area (Å²) in [5.74, 6) is -0.415. The minimum absolute atomic E-state index is 0.0233. The molecule has 1 heterocycles. The lowest BCUT2D eigenvalue weighted by molar-refractivity contribution is -0.121. The number of para-hydroxylation sites is 1. The fourth-order valence-electron chi connectivity index (χ4n) is 2.84. The summed E-state index contributed by atoms with van der Waals surface area (Å²) >= 11 is 5.95. The second-order valence-electron chi connectivity index (χ2n) is 6.69. The standard InChI is InChI=1S/C20H20ClFN4O4S/c1-31(28,29)26(17-9-3-2-8-16(17)22)11-5-10-18(27)23-13-19-24-20(25-30-19)14-6-4-7-15(21)12-14/h2-4,6-9,12H,5,10-11,13H2,1H3,(H,23,27). The Kier molecular flexibility index (Phi) is 7.24. The molecule has 1 aromatic heterocycles.